The van der Waals surface area contributed by atoms with E-state index < -0.39 is 11.2 Å². The molecule has 11 nitrogen and oxygen atoms in total. The van der Waals surface area contributed by atoms with Crippen LogP contribution in [0.4, 0.5) is 0 Å². The number of unbranched alkanes of at least 4 members (excludes halogenated alkanes) is 1. The first kappa shape index (κ1) is 35.7. The number of rotatable bonds is 29. The third-order valence-electron chi connectivity index (χ3n) is 4.80. The topological polar surface area (TPSA) is 139 Å². The second kappa shape index (κ2) is 27.7. The van der Waals surface area contributed by atoms with Gasteiger partial charge in [-0.05, 0) is 6.42 Å². The van der Waals surface area contributed by atoms with Crippen molar-refractivity contribution in [1.82, 2.24) is 5.32 Å². The molecule has 218 valence electrons. The summed E-state index contributed by atoms with van der Waals surface area (Å²) >= 11 is 1.42. The molecule has 0 aliphatic rings. The molecule has 0 saturated carbocycles. The molecule has 2 unspecified atom stereocenters. The third-order valence-corrected chi connectivity index (χ3v) is 6.21. The molecule has 0 rings (SSSR count). The first-order chi connectivity index (χ1) is 18.0. The summed E-state index contributed by atoms with van der Waals surface area (Å²) in [6.07, 6.45) is 4.13. The number of thioether (sulfide) groups is 1. The van der Waals surface area contributed by atoms with Gasteiger partial charge in [-0.3, -0.25) is 9.59 Å². The van der Waals surface area contributed by atoms with E-state index in [0.717, 1.165) is 25.5 Å². The van der Waals surface area contributed by atoms with E-state index in [1.165, 1.54) is 11.8 Å². The van der Waals surface area contributed by atoms with Gasteiger partial charge in [-0.15, -0.1) is 11.8 Å². The number of hydrogen-bond donors (Lipinski definition) is 2. The van der Waals surface area contributed by atoms with Crippen LogP contribution >= 0.6 is 11.8 Å². The summed E-state index contributed by atoms with van der Waals surface area (Å²) < 4.78 is 32.2. The van der Waals surface area contributed by atoms with Gasteiger partial charge in [-0.2, -0.15) is 0 Å². The van der Waals surface area contributed by atoms with Crippen molar-refractivity contribution in [1.29, 1.82) is 0 Å². The van der Waals surface area contributed by atoms with Gasteiger partial charge in [0.15, 0.2) is 0 Å². The van der Waals surface area contributed by atoms with E-state index in [1.807, 2.05) is 6.92 Å². The van der Waals surface area contributed by atoms with E-state index >= 15 is 0 Å². The van der Waals surface area contributed by atoms with Crippen molar-refractivity contribution < 1.29 is 47.9 Å². The SMILES string of the molecule is CCCCC(C)SC(CC(=O)O)C(=O)NCCOCCOCCOCCOCCOCCOCCC=O. The minimum Gasteiger partial charge on any atom is -0.481 e. The average Bonchev–Trinajstić information content (AvgIpc) is 2.87. The van der Waals surface area contributed by atoms with Crippen LogP contribution in [0.15, 0.2) is 0 Å². The Morgan fingerprint density at radius 1 is 0.811 bits per heavy atom. The maximum Gasteiger partial charge on any atom is 0.305 e. The van der Waals surface area contributed by atoms with Crippen molar-refractivity contribution >= 4 is 29.9 Å². The summed E-state index contributed by atoms with van der Waals surface area (Å²) in [5.41, 5.74) is 0. The third kappa shape index (κ3) is 26.1. The van der Waals surface area contributed by atoms with E-state index in [-0.39, 0.29) is 17.6 Å². The lowest BCUT2D eigenvalue weighted by molar-refractivity contribution is -0.138. The molecule has 0 aliphatic carbocycles. The summed E-state index contributed by atoms with van der Waals surface area (Å²) in [5, 5.41) is 11.5. The Labute approximate surface area is 225 Å². The number of amides is 1. The molecule has 37 heavy (non-hydrogen) atoms. The van der Waals surface area contributed by atoms with Gasteiger partial charge in [0.05, 0.1) is 91.0 Å². The minimum absolute atomic E-state index is 0.189. The van der Waals surface area contributed by atoms with Crippen LogP contribution in [-0.2, 0) is 42.8 Å². The first-order valence-corrected chi connectivity index (χ1v) is 14.0. The van der Waals surface area contributed by atoms with Crippen LogP contribution < -0.4 is 5.32 Å². The van der Waals surface area contributed by atoms with Crippen LogP contribution in [0.5, 0.6) is 0 Å². The van der Waals surface area contributed by atoms with Gasteiger partial charge in [-0.1, -0.05) is 26.7 Å². The summed E-state index contributed by atoms with van der Waals surface area (Å²) in [4.78, 5) is 33.6. The van der Waals surface area contributed by atoms with Gasteiger partial charge >= 0.3 is 5.97 Å². The zero-order valence-electron chi connectivity index (χ0n) is 22.5. The Hall–Kier alpha value is -1.28. The lowest BCUT2D eigenvalue weighted by Gasteiger charge is -2.19. The number of carboxylic acids is 1. The number of nitrogens with one attached hydrogen (secondary N) is 1. The number of carbonyl (C=O) groups excluding carboxylic acids is 2. The number of ether oxygens (including phenoxy) is 6. The van der Waals surface area contributed by atoms with Crippen molar-refractivity contribution in [3.63, 3.8) is 0 Å². The largest absolute Gasteiger partial charge is 0.481 e. The molecular weight excluding hydrogens is 506 g/mol. The van der Waals surface area contributed by atoms with Gasteiger partial charge in [0.1, 0.15) is 6.29 Å². The van der Waals surface area contributed by atoms with Crippen LogP contribution in [-0.4, -0.2) is 120 Å². The molecule has 0 spiro atoms. The normalized spacial score (nSPS) is 12.8. The Morgan fingerprint density at radius 2 is 1.27 bits per heavy atom. The quantitative estimate of drug-likeness (QED) is 0.104. The van der Waals surface area contributed by atoms with E-state index in [2.05, 4.69) is 12.2 Å². The zero-order chi connectivity index (χ0) is 27.4. The fraction of sp³-hybridized carbons (Fsp3) is 0.880. The molecule has 0 radical (unpaired) electrons. The second-order valence-electron chi connectivity index (χ2n) is 8.10. The molecule has 12 heteroatoms. The molecule has 0 saturated heterocycles. The molecule has 1 amide bonds. The van der Waals surface area contributed by atoms with Crippen LogP contribution in [0.2, 0.25) is 0 Å². The molecule has 0 aromatic rings. The summed E-state index contributed by atoms with van der Waals surface area (Å²) in [7, 11) is 0. The highest BCUT2D eigenvalue weighted by Crippen LogP contribution is 2.24. The lowest BCUT2D eigenvalue weighted by atomic mass is 10.2. The van der Waals surface area contributed by atoms with Gasteiger partial charge < -0.3 is 43.6 Å². The molecular formula is C25H47NO10S. The number of aldehydes is 1. The van der Waals surface area contributed by atoms with E-state index in [9.17, 15) is 14.4 Å². The van der Waals surface area contributed by atoms with Crippen molar-refractivity contribution in [2.24, 2.45) is 0 Å². The highest BCUT2D eigenvalue weighted by Gasteiger charge is 2.24. The zero-order valence-corrected chi connectivity index (χ0v) is 23.3. The van der Waals surface area contributed by atoms with Crippen LogP contribution in [0, 0.1) is 0 Å². The molecule has 2 atom stereocenters. The lowest BCUT2D eigenvalue weighted by Crippen LogP contribution is -2.37. The number of aliphatic carboxylic acids is 1. The summed E-state index contributed by atoms with van der Waals surface area (Å²) in [6, 6.07) is 0. The molecule has 0 aliphatic heterocycles. The van der Waals surface area contributed by atoms with E-state index in [0.29, 0.717) is 92.2 Å². The smallest absolute Gasteiger partial charge is 0.305 e. The predicted molar refractivity (Wildman–Crippen MR) is 141 cm³/mol. The van der Waals surface area contributed by atoms with Gasteiger partial charge in [0.2, 0.25) is 5.91 Å². The Bertz CT molecular complexity index is 556. The molecule has 0 aromatic heterocycles. The molecule has 2 N–H and O–H groups in total. The maximum atomic E-state index is 12.4. The maximum absolute atomic E-state index is 12.4. The second-order valence-corrected chi connectivity index (χ2v) is 9.74. The Morgan fingerprint density at radius 3 is 1.70 bits per heavy atom. The summed E-state index contributed by atoms with van der Waals surface area (Å²) in [6.45, 7) is 9.73. The Kier molecular flexibility index (Phi) is 26.8. The predicted octanol–water partition coefficient (Wildman–Crippen LogP) is 1.95. The highest BCUT2D eigenvalue weighted by molar-refractivity contribution is 8.01. The molecule has 0 fully saturated rings. The monoisotopic (exact) mass is 553 g/mol. The van der Waals surface area contributed by atoms with Crippen LogP contribution in [0.1, 0.15) is 46.0 Å². The molecule has 0 aromatic carbocycles. The average molecular weight is 554 g/mol. The van der Waals surface area contributed by atoms with Crippen LogP contribution in [0.3, 0.4) is 0 Å². The molecule has 0 bridgehead atoms. The van der Waals surface area contributed by atoms with Gasteiger partial charge in [-0.25, -0.2) is 0 Å². The van der Waals surface area contributed by atoms with Crippen LogP contribution in [0.25, 0.3) is 0 Å². The van der Waals surface area contributed by atoms with Crippen molar-refractivity contribution in [2.75, 3.05) is 85.8 Å². The Balaban J connectivity index is 3.50. The van der Waals surface area contributed by atoms with Crippen molar-refractivity contribution in [3.05, 3.63) is 0 Å². The van der Waals surface area contributed by atoms with Gasteiger partial charge in [0.25, 0.3) is 0 Å². The first-order valence-electron chi connectivity index (χ1n) is 13.1. The van der Waals surface area contributed by atoms with Gasteiger partial charge in [0, 0.05) is 18.2 Å². The number of carboxylic acid groups (broad SMARTS) is 1. The number of hydrogen-bond acceptors (Lipinski definition) is 10. The minimum atomic E-state index is -0.976. The van der Waals surface area contributed by atoms with E-state index in [4.69, 9.17) is 33.5 Å². The fourth-order valence-electron chi connectivity index (χ4n) is 2.89. The van der Waals surface area contributed by atoms with E-state index in [1.54, 1.807) is 0 Å². The number of carbonyl (C=O) groups is 3. The van der Waals surface area contributed by atoms with Crippen molar-refractivity contribution in [2.45, 2.75) is 56.5 Å². The summed E-state index contributed by atoms with van der Waals surface area (Å²) in [5.74, 6) is -1.24. The highest BCUT2D eigenvalue weighted by atomic mass is 32.2. The molecule has 0 heterocycles. The van der Waals surface area contributed by atoms with Crippen molar-refractivity contribution in [3.8, 4) is 0 Å². The standard InChI is InChI=1S/C25H47NO10S/c1-3-4-6-22(2)37-23(21-24(28)29)25(30)26-7-10-32-12-14-34-16-18-36-20-19-35-17-15-33-13-11-31-9-5-8-27/h8,22-23H,3-7,9-21H2,1-2H3,(H,26,30)(H,28,29). The fourth-order valence-corrected chi connectivity index (χ4v) is 4.20.